The van der Waals surface area contributed by atoms with E-state index in [0.29, 0.717) is 6.04 Å². The minimum Gasteiger partial charge on any atom is -0.303 e. The minimum atomic E-state index is 0.389. The highest BCUT2D eigenvalue weighted by Crippen LogP contribution is 2.27. The molecule has 3 aromatic rings. The van der Waals surface area contributed by atoms with Crippen molar-refractivity contribution in [1.82, 2.24) is 24.6 Å². The van der Waals surface area contributed by atoms with Crippen LogP contribution in [-0.4, -0.2) is 38.7 Å². The standard InChI is InChI=1S/C17H21N5/c1-11(21(3)4)13-6-8-14(9-7-13)16-15-10-18-22(5)17(15)20-12(2)19-16/h6-11H,1-5H3/t11-/m0/s1. The summed E-state index contributed by atoms with van der Waals surface area (Å²) in [4.78, 5) is 11.3. The maximum Gasteiger partial charge on any atom is 0.161 e. The lowest BCUT2D eigenvalue weighted by Crippen LogP contribution is -2.16. The summed E-state index contributed by atoms with van der Waals surface area (Å²) in [6.07, 6.45) is 1.83. The van der Waals surface area contributed by atoms with E-state index >= 15 is 0 Å². The van der Waals surface area contributed by atoms with Crippen molar-refractivity contribution in [2.75, 3.05) is 14.1 Å². The zero-order valence-electron chi connectivity index (χ0n) is 13.7. The molecule has 5 heteroatoms. The van der Waals surface area contributed by atoms with Crippen molar-refractivity contribution in [3.05, 3.63) is 41.9 Å². The first-order valence-electron chi connectivity index (χ1n) is 7.40. The number of fused-ring (bicyclic) bond motifs is 1. The van der Waals surface area contributed by atoms with Crippen molar-refractivity contribution >= 4 is 11.0 Å². The van der Waals surface area contributed by atoms with Gasteiger partial charge in [-0.1, -0.05) is 24.3 Å². The summed E-state index contributed by atoms with van der Waals surface area (Å²) in [5.41, 5.74) is 4.20. The van der Waals surface area contributed by atoms with Crippen LogP contribution in [0.1, 0.15) is 24.4 Å². The normalized spacial score (nSPS) is 13.0. The Morgan fingerprint density at radius 3 is 2.41 bits per heavy atom. The summed E-state index contributed by atoms with van der Waals surface area (Å²) in [7, 11) is 6.08. The molecule has 2 heterocycles. The summed E-state index contributed by atoms with van der Waals surface area (Å²) < 4.78 is 1.79. The van der Waals surface area contributed by atoms with Crippen molar-refractivity contribution < 1.29 is 0 Å². The fourth-order valence-corrected chi connectivity index (χ4v) is 2.57. The van der Waals surface area contributed by atoms with Gasteiger partial charge in [0.05, 0.1) is 17.3 Å². The molecule has 3 rings (SSSR count). The van der Waals surface area contributed by atoms with E-state index in [1.54, 1.807) is 4.68 Å². The van der Waals surface area contributed by atoms with Gasteiger partial charge in [0.25, 0.3) is 0 Å². The minimum absolute atomic E-state index is 0.389. The van der Waals surface area contributed by atoms with Gasteiger partial charge in [-0.05, 0) is 33.5 Å². The summed E-state index contributed by atoms with van der Waals surface area (Å²) in [5, 5.41) is 5.29. The van der Waals surface area contributed by atoms with Crippen LogP contribution < -0.4 is 0 Å². The molecule has 0 aliphatic heterocycles. The zero-order valence-corrected chi connectivity index (χ0v) is 13.7. The molecule has 0 amide bonds. The maximum absolute atomic E-state index is 4.62. The number of aromatic nitrogens is 4. The molecule has 114 valence electrons. The number of hydrogen-bond acceptors (Lipinski definition) is 4. The van der Waals surface area contributed by atoms with Crippen LogP contribution in [0, 0.1) is 6.92 Å². The first-order chi connectivity index (χ1) is 10.5. The van der Waals surface area contributed by atoms with Crippen LogP contribution in [0.25, 0.3) is 22.3 Å². The van der Waals surface area contributed by atoms with Crippen LogP contribution in [0.5, 0.6) is 0 Å². The van der Waals surface area contributed by atoms with Crippen LogP contribution in [0.4, 0.5) is 0 Å². The summed E-state index contributed by atoms with van der Waals surface area (Å²) in [6.45, 7) is 4.11. The van der Waals surface area contributed by atoms with E-state index in [1.807, 2.05) is 20.2 Å². The molecule has 0 saturated heterocycles. The van der Waals surface area contributed by atoms with Crippen LogP contribution in [0.2, 0.25) is 0 Å². The van der Waals surface area contributed by atoms with Crippen molar-refractivity contribution in [3.8, 4) is 11.3 Å². The smallest absolute Gasteiger partial charge is 0.161 e. The van der Waals surface area contributed by atoms with E-state index in [-0.39, 0.29) is 0 Å². The predicted molar refractivity (Wildman–Crippen MR) is 88.6 cm³/mol. The van der Waals surface area contributed by atoms with Gasteiger partial charge in [0, 0.05) is 18.7 Å². The number of rotatable bonds is 3. The second-order valence-corrected chi connectivity index (χ2v) is 5.89. The molecule has 0 spiro atoms. The summed E-state index contributed by atoms with van der Waals surface area (Å²) >= 11 is 0. The predicted octanol–water partition coefficient (Wildman–Crippen LogP) is 2.96. The van der Waals surface area contributed by atoms with E-state index < -0.39 is 0 Å². The molecule has 0 aliphatic rings. The van der Waals surface area contributed by atoms with Crippen molar-refractivity contribution in [1.29, 1.82) is 0 Å². The van der Waals surface area contributed by atoms with Crippen molar-refractivity contribution in [2.24, 2.45) is 7.05 Å². The highest BCUT2D eigenvalue weighted by Gasteiger charge is 2.13. The Bertz CT molecular complexity index is 802. The van der Waals surface area contributed by atoms with Gasteiger partial charge in [0.2, 0.25) is 0 Å². The molecule has 0 unspecified atom stereocenters. The highest BCUT2D eigenvalue weighted by atomic mass is 15.3. The first kappa shape index (κ1) is 14.7. The average molecular weight is 295 g/mol. The monoisotopic (exact) mass is 295 g/mol. The molecule has 1 atom stereocenters. The summed E-state index contributed by atoms with van der Waals surface area (Å²) in [5.74, 6) is 0.761. The molecule has 0 bridgehead atoms. The van der Waals surface area contributed by atoms with E-state index in [1.165, 1.54) is 5.56 Å². The topological polar surface area (TPSA) is 46.8 Å². The van der Waals surface area contributed by atoms with Crippen molar-refractivity contribution in [2.45, 2.75) is 19.9 Å². The Hall–Kier alpha value is -2.27. The van der Waals surface area contributed by atoms with Gasteiger partial charge in [0.15, 0.2) is 5.65 Å². The van der Waals surface area contributed by atoms with Gasteiger partial charge in [0.1, 0.15) is 5.82 Å². The highest BCUT2D eigenvalue weighted by molar-refractivity contribution is 5.90. The summed E-state index contributed by atoms with van der Waals surface area (Å²) in [6, 6.07) is 8.98. The van der Waals surface area contributed by atoms with E-state index in [2.05, 4.69) is 65.3 Å². The molecule has 1 aromatic carbocycles. The number of benzene rings is 1. The third-order valence-electron chi connectivity index (χ3n) is 4.15. The van der Waals surface area contributed by atoms with Crippen LogP contribution in [-0.2, 0) is 7.05 Å². The van der Waals surface area contributed by atoms with Gasteiger partial charge in [-0.25, -0.2) is 9.97 Å². The van der Waals surface area contributed by atoms with Crippen LogP contribution in [0.15, 0.2) is 30.5 Å². The van der Waals surface area contributed by atoms with E-state index in [9.17, 15) is 0 Å². The lowest BCUT2D eigenvalue weighted by atomic mass is 10.0. The van der Waals surface area contributed by atoms with Gasteiger partial charge in [-0.3, -0.25) is 4.68 Å². The van der Waals surface area contributed by atoms with Gasteiger partial charge >= 0.3 is 0 Å². The molecule has 0 saturated carbocycles. The fraction of sp³-hybridized carbons (Fsp3) is 0.353. The lowest BCUT2D eigenvalue weighted by molar-refractivity contribution is 0.321. The van der Waals surface area contributed by atoms with Gasteiger partial charge in [-0.2, -0.15) is 5.10 Å². The maximum atomic E-state index is 4.62. The fourth-order valence-electron chi connectivity index (χ4n) is 2.57. The zero-order chi connectivity index (χ0) is 15.9. The molecular formula is C17H21N5. The number of hydrogen-bond donors (Lipinski definition) is 0. The van der Waals surface area contributed by atoms with Crippen molar-refractivity contribution in [3.63, 3.8) is 0 Å². The van der Waals surface area contributed by atoms with E-state index in [4.69, 9.17) is 0 Å². The molecule has 2 aromatic heterocycles. The Balaban J connectivity index is 2.08. The Labute approximate surface area is 130 Å². The molecule has 0 radical (unpaired) electrons. The third-order valence-corrected chi connectivity index (χ3v) is 4.15. The lowest BCUT2D eigenvalue weighted by Gasteiger charge is -2.20. The van der Waals surface area contributed by atoms with Crippen LogP contribution in [0.3, 0.4) is 0 Å². The Kier molecular flexibility index (Phi) is 3.66. The first-order valence-corrected chi connectivity index (χ1v) is 7.40. The largest absolute Gasteiger partial charge is 0.303 e. The SMILES string of the molecule is Cc1nc(-c2ccc([C@H](C)N(C)C)cc2)c2cnn(C)c2n1. The second kappa shape index (κ2) is 5.50. The van der Waals surface area contributed by atoms with Crippen LogP contribution >= 0.6 is 0 Å². The van der Waals surface area contributed by atoms with Gasteiger partial charge in [-0.15, -0.1) is 0 Å². The Morgan fingerprint density at radius 1 is 1.09 bits per heavy atom. The molecule has 0 aliphatic carbocycles. The molecular weight excluding hydrogens is 274 g/mol. The van der Waals surface area contributed by atoms with Gasteiger partial charge < -0.3 is 4.90 Å². The average Bonchev–Trinajstić information content (AvgIpc) is 2.87. The van der Waals surface area contributed by atoms with E-state index in [0.717, 1.165) is 28.1 Å². The Morgan fingerprint density at radius 2 is 1.77 bits per heavy atom. The second-order valence-electron chi connectivity index (χ2n) is 5.89. The number of aryl methyl sites for hydroxylation is 2. The molecule has 5 nitrogen and oxygen atoms in total. The molecule has 0 N–H and O–H groups in total. The molecule has 22 heavy (non-hydrogen) atoms. The third kappa shape index (κ3) is 2.48. The quantitative estimate of drug-likeness (QED) is 0.745. The molecule has 0 fully saturated rings. The number of nitrogens with zero attached hydrogens (tertiary/aromatic N) is 5.